The van der Waals surface area contributed by atoms with Crippen molar-refractivity contribution in [2.75, 3.05) is 39.3 Å². The van der Waals surface area contributed by atoms with E-state index in [2.05, 4.69) is 52.3 Å². The summed E-state index contributed by atoms with van der Waals surface area (Å²) in [5.74, 6) is 0. The highest BCUT2D eigenvalue weighted by Gasteiger charge is 2.20. The quantitative estimate of drug-likeness (QED) is 0.800. The lowest BCUT2D eigenvalue weighted by Gasteiger charge is -2.36. The van der Waals surface area contributed by atoms with Crippen LogP contribution in [0.1, 0.15) is 11.1 Å². The predicted molar refractivity (Wildman–Crippen MR) is 100 cm³/mol. The van der Waals surface area contributed by atoms with E-state index in [0.717, 1.165) is 44.8 Å². The lowest BCUT2D eigenvalue weighted by Crippen LogP contribution is -2.48. The standard InChI is InChI=1S/C21H28N2O2/c24-17-21(25-18-20-9-5-2-6-10-20)16-23-13-11-22(12-14-23)15-19-7-3-1-4-8-19/h1-10,21,24H,11-18H2. The highest BCUT2D eigenvalue weighted by atomic mass is 16.5. The first kappa shape index (κ1) is 18.1. The van der Waals surface area contributed by atoms with Crippen LogP contribution in [-0.2, 0) is 17.9 Å². The van der Waals surface area contributed by atoms with Crippen molar-refractivity contribution in [3.05, 3.63) is 71.8 Å². The molecule has 4 heteroatoms. The average molecular weight is 340 g/mol. The van der Waals surface area contributed by atoms with Gasteiger partial charge in [0.05, 0.1) is 19.3 Å². The van der Waals surface area contributed by atoms with Gasteiger partial charge in [0.2, 0.25) is 0 Å². The third-order valence-corrected chi connectivity index (χ3v) is 4.71. The minimum atomic E-state index is -0.124. The van der Waals surface area contributed by atoms with Crippen molar-refractivity contribution < 1.29 is 9.84 Å². The van der Waals surface area contributed by atoms with Gasteiger partial charge in [0.1, 0.15) is 0 Å². The summed E-state index contributed by atoms with van der Waals surface area (Å²) in [6, 6.07) is 20.8. The van der Waals surface area contributed by atoms with E-state index in [-0.39, 0.29) is 12.7 Å². The molecule has 0 amide bonds. The Morgan fingerprint density at radius 3 is 1.96 bits per heavy atom. The van der Waals surface area contributed by atoms with Crippen molar-refractivity contribution in [3.8, 4) is 0 Å². The van der Waals surface area contributed by atoms with Crippen molar-refractivity contribution in [1.82, 2.24) is 9.80 Å². The normalized spacial score (nSPS) is 17.5. The fourth-order valence-corrected chi connectivity index (χ4v) is 3.21. The molecule has 0 saturated carbocycles. The summed E-state index contributed by atoms with van der Waals surface area (Å²) in [6.07, 6.45) is -0.124. The molecular formula is C21H28N2O2. The van der Waals surface area contributed by atoms with Gasteiger partial charge in [0.15, 0.2) is 0 Å². The van der Waals surface area contributed by atoms with Gasteiger partial charge in [0.25, 0.3) is 0 Å². The molecule has 3 rings (SSSR count). The molecule has 4 nitrogen and oxygen atoms in total. The molecule has 1 N–H and O–H groups in total. The van der Waals surface area contributed by atoms with Crippen molar-refractivity contribution in [2.45, 2.75) is 19.3 Å². The zero-order valence-electron chi connectivity index (χ0n) is 14.8. The number of ether oxygens (including phenoxy) is 1. The fourth-order valence-electron chi connectivity index (χ4n) is 3.21. The summed E-state index contributed by atoms with van der Waals surface area (Å²) in [5, 5.41) is 9.62. The van der Waals surface area contributed by atoms with Gasteiger partial charge in [-0.2, -0.15) is 0 Å². The molecule has 134 valence electrons. The molecule has 2 aromatic rings. The molecule has 0 radical (unpaired) electrons. The highest BCUT2D eigenvalue weighted by Crippen LogP contribution is 2.10. The summed E-state index contributed by atoms with van der Waals surface area (Å²) in [6.45, 7) is 6.61. The number of aliphatic hydroxyl groups is 1. The number of hydrogen-bond donors (Lipinski definition) is 1. The Bertz CT molecular complexity index is 598. The second-order valence-electron chi connectivity index (χ2n) is 6.66. The van der Waals surface area contributed by atoms with Crippen LogP contribution < -0.4 is 0 Å². The largest absolute Gasteiger partial charge is 0.394 e. The van der Waals surface area contributed by atoms with Crippen LogP contribution in [0.2, 0.25) is 0 Å². The van der Waals surface area contributed by atoms with Gasteiger partial charge in [0, 0.05) is 39.3 Å². The van der Waals surface area contributed by atoms with Crippen molar-refractivity contribution in [2.24, 2.45) is 0 Å². The third-order valence-electron chi connectivity index (χ3n) is 4.71. The van der Waals surface area contributed by atoms with E-state index in [1.807, 2.05) is 18.2 Å². The van der Waals surface area contributed by atoms with Gasteiger partial charge in [-0.1, -0.05) is 60.7 Å². The molecule has 1 fully saturated rings. The molecule has 0 spiro atoms. The Morgan fingerprint density at radius 1 is 0.800 bits per heavy atom. The molecule has 1 aliphatic rings. The van der Waals surface area contributed by atoms with E-state index in [4.69, 9.17) is 4.74 Å². The maximum Gasteiger partial charge on any atom is 0.0936 e. The first-order valence-corrected chi connectivity index (χ1v) is 9.08. The maximum absolute atomic E-state index is 9.62. The van der Waals surface area contributed by atoms with Crippen molar-refractivity contribution >= 4 is 0 Å². The van der Waals surface area contributed by atoms with Crippen LogP contribution in [-0.4, -0.2) is 60.3 Å². The summed E-state index contributed by atoms with van der Waals surface area (Å²) in [4.78, 5) is 4.89. The lowest BCUT2D eigenvalue weighted by molar-refractivity contribution is -0.0251. The van der Waals surface area contributed by atoms with Crippen molar-refractivity contribution in [1.29, 1.82) is 0 Å². The van der Waals surface area contributed by atoms with Gasteiger partial charge in [-0.25, -0.2) is 0 Å². The molecule has 1 heterocycles. The molecule has 25 heavy (non-hydrogen) atoms. The van der Waals surface area contributed by atoms with Gasteiger partial charge in [-0.3, -0.25) is 9.80 Å². The number of rotatable bonds is 8. The second-order valence-corrected chi connectivity index (χ2v) is 6.66. The summed E-state index contributed by atoms with van der Waals surface area (Å²) in [5.41, 5.74) is 2.52. The molecule has 0 aromatic heterocycles. The molecule has 0 aliphatic carbocycles. The summed E-state index contributed by atoms with van der Waals surface area (Å²) < 4.78 is 5.90. The maximum atomic E-state index is 9.62. The van der Waals surface area contributed by atoms with Crippen molar-refractivity contribution in [3.63, 3.8) is 0 Å². The number of hydrogen-bond acceptors (Lipinski definition) is 4. The number of aliphatic hydroxyl groups excluding tert-OH is 1. The van der Waals surface area contributed by atoms with E-state index in [1.54, 1.807) is 0 Å². The van der Waals surface area contributed by atoms with E-state index in [1.165, 1.54) is 5.56 Å². The third kappa shape index (κ3) is 5.94. The molecule has 0 bridgehead atoms. The van der Waals surface area contributed by atoms with E-state index in [9.17, 15) is 5.11 Å². The Hall–Kier alpha value is -1.72. The molecule has 1 unspecified atom stereocenters. The smallest absolute Gasteiger partial charge is 0.0936 e. The van der Waals surface area contributed by atoms with Crippen LogP contribution in [0, 0.1) is 0 Å². The van der Waals surface area contributed by atoms with Crippen LogP contribution in [0.4, 0.5) is 0 Å². The van der Waals surface area contributed by atoms with Crippen LogP contribution in [0.3, 0.4) is 0 Å². The van der Waals surface area contributed by atoms with Gasteiger partial charge in [-0.05, 0) is 11.1 Å². The van der Waals surface area contributed by atoms with E-state index in [0.29, 0.717) is 6.61 Å². The average Bonchev–Trinajstić information content (AvgIpc) is 2.68. The Balaban J connectivity index is 1.39. The monoisotopic (exact) mass is 340 g/mol. The Morgan fingerprint density at radius 2 is 1.36 bits per heavy atom. The summed E-state index contributed by atoms with van der Waals surface area (Å²) >= 11 is 0. The second kappa shape index (κ2) is 9.68. The minimum Gasteiger partial charge on any atom is -0.394 e. The fraction of sp³-hybridized carbons (Fsp3) is 0.429. The Labute approximate surface area is 150 Å². The molecule has 1 atom stereocenters. The first-order valence-electron chi connectivity index (χ1n) is 9.08. The lowest BCUT2D eigenvalue weighted by atomic mass is 10.2. The van der Waals surface area contributed by atoms with Gasteiger partial charge >= 0.3 is 0 Å². The molecule has 1 aliphatic heterocycles. The predicted octanol–water partition coefficient (Wildman–Crippen LogP) is 2.38. The highest BCUT2D eigenvalue weighted by molar-refractivity contribution is 5.14. The van der Waals surface area contributed by atoms with E-state index >= 15 is 0 Å². The molecular weight excluding hydrogens is 312 g/mol. The number of benzene rings is 2. The minimum absolute atomic E-state index is 0.0665. The Kier molecular flexibility index (Phi) is 7.00. The molecule has 2 aromatic carbocycles. The van der Waals surface area contributed by atoms with Gasteiger partial charge in [-0.15, -0.1) is 0 Å². The van der Waals surface area contributed by atoms with E-state index < -0.39 is 0 Å². The molecule has 1 saturated heterocycles. The van der Waals surface area contributed by atoms with Gasteiger partial charge < -0.3 is 9.84 Å². The number of piperazine rings is 1. The zero-order chi connectivity index (χ0) is 17.3. The van der Waals surface area contributed by atoms with Crippen LogP contribution in [0.25, 0.3) is 0 Å². The topological polar surface area (TPSA) is 35.9 Å². The number of nitrogens with zero attached hydrogens (tertiary/aromatic N) is 2. The van der Waals surface area contributed by atoms with Crippen LogP contribution in [0.5, 0.6) is 0 Å². The van der Waals surface area contributed by atoms with Crippen LogP contribution >= 0.6 is 0 Å². The van der Waals surface area contributed by atoms with Crippen LogP contribution in [0.15, 0.2) is 60.7 Å². The summed E-state index contributed by atoms with van der Waals surface area (Å²) in [7, 11) is 0. The first-order chi connectivity index (χ1) is 12.3. The SMILES string of the molecule is OCC(CN1CCN(Cc2ccccc2)CC1)OCc1ccccc1. The zero-order valence-corrected chi connectivity index (χ0v) is 14.8.